The number of ether oxygens (including phenoxy) is 2. The van der Waals surface area contributed by atoms with E-state index in [0.29, 0.717) is 40.8 Å². The highest BCUT2D eigenvalue weighted by molar-refractivity contribution is 7.15. The molecule has 0 radical (unpaired) electrons. The molecule has 1 fully saturated rings. The van der Waals surface area contributed by atoms with Crippen LogP contribution in [0.25, 0.3) is 5.76 Å². The van der Waals surface area contributed by atoms with Crippen molar-refractivity contribution in [3.63, 3.8) is 0 Å². The fourth-order valence-electron chi connectivity index (χ4n) is 4.21. The van der Waals surface area contributed by atoms with Crippen LogP contribution in [0.3, 0.4) is 0 Å². The monoisotopic (exact) mass is 521 g/mol. The molecule has 0 saturated carbocycles. The first-order valence-electron chi connectivity index (χ1n) is 12.4. The van der Waals surface area contributed by atoms with Crippen molar-refractivity contribution < 1.29 is 24.2 Å². The molecule has 8 nitrogen and oxygen atoms in total. The van der Waals surface area contributed by atoms with Gasteiger partial charge in [-0.2, -0.15) is 0 Å². The molecule has 4 rings (SSSR count). The number of aliphatic hydroxyl groups excluding tert-OH is 1. The van der Waals surface area contributed by atoms with Gasteiger partial charge in [0.25, 0.3) is 5.78 Å². The molecule has 2 aromatic carbocycles. The largest absolute Gasteiger partial charge is 0.507 e. The van der Waals surface area contributed by atoms with Gasteiger partial charge < -0.3 is 14.6 Å². The number of amides is 1. The summed E-state index contributed by atoms with van der Waals surface area (Å²) >= 11 is 1.20. The Morgan fingerprint density at radius 2 is 1.76 bits per heavy atom. The number of carbonyl (C=O) groups is 2. The number of benzene rings is 2. The average Bonchev–Trinajstić information content (AvgIpc) is 3.43. The van der Waals surface area contributed by atoms with E-state index in [4.69, 9.17) is 9.47 Å². The second-order valence-corrected chi connectivity index (χ2v) is 9.99. The Morgan fingerprint density at radius 1 is 1.00 bits per heavy atom. The molecule has 0 spiro atoms. The number of aryl methyl sites for hydroxylation is 2. The molecule has 1 amide bonds. The van der Waals surface area contributed by atoms with E-state index in [9.17, 15) is 14.7 Å². The molecule has 1 N–H and O–H groups in total. The Bertz CT molecular complexity index is 1320. The van der Waals surface area contributed by atoms with Crippen molar-refractivity contribution in [3.05, 3.63) is 69.7 Å². The molecular formula is C28H31N3O5S. The number of nitrogens with zero attached hydrogens (tertiary/aromatic N) is 3. The highest BCUT2D eigenvalue weighted by atomic mass is 32.1. The molecule has 1 saturated heterocycles. The molecule has 1 atom stereocenters. The molecule has 37 heavy (non-hydrogen) atoms. The van der Waals surface area contributed by atoms with Gasteiger partial charge in [-0.3, -0.25) is 14.5 Å². The van der Waals surface area contributed by atoms with Gasteiger partial charge >= 0.3 is 5.91 Å². The lowest BCUT2D eigenvalue weighted by molar-refractivity contribution is -0.132. The predicted octanol–water partition coefficient (Wildman–Crippen LogP) is 5.75. The Morgan fingerprint density at radius 3 is 2.41 bits per heavy atom. The summed E-state index contributed by atoms with van der Waals surface area (Å²) in [4.78, 5) is 27.9. The van der Waals surface area contributed by atoms with Crippen molar-refractivity contribution in [2.45, 2.75) is 53.0 Å². The second-order valence-electron chi connectivity index (χ2n) is 8.83. The normalized spacial score (nSPS) is 16.9. The van der Waals surface area contributed by atoms with Crippen molar-refractivity contribution in [3.8, 4) is 11.5 Å². The smallest absolute Gasteiger partial charge is 0.301 e. The number of aliphatic hydroxyl groups is 1. The Hall–Kier alpha value is -3.72. The van der Waals surface area contributed by atoms with Crippen molar-refractivity contribution >= 4 is 33.9 Å². The van der Waals surface area contributed by atoms with E-state index < -0.39 is 17.7 Å². The van der Waals surface area contributed by atoms with Gasteiger partial charge in [-0.1, -0.05) is 67.0 Å². The van der Waals surface area contributed by atoms with Crippen LogP contribution in [0.15, 0.2) is 48.0 Å². The molecule has 1 aliphatic heterocycles. The minimum Gasteiger partial charge on any atom is -0.507 e. The van der Waals surface area contributed by atoms with Gasteiger partial charge in [-0.15, -0.1) is 10.2 Å². The van der Waals surface area contributed by atoms with E-state index in [1.165, 1.54) is 16.2 Å². The summed E-state index contributed by atoms with van der Waals surface area (Å²) < 4.78 is 11.8. The quantitative estimate of drug-likeness (QED) is 0.157. The molecule has 0 bridgehead atoms. The van der Waals surface area contributed by atoms with E-state index in [2.05, 4.69) is 17.1 Å². The lowest BCUT2D eigenvalue weighted by atomic mass is 9.95. The van der Waals surface area contributed by atoms with Crippen LogP contribution in [0.2, 0.25) is 0 Å². The van der Waals surface area contributed by atoms with Crippen LogP contribution >= 0.6 is 11.3 Å². The number of rotatable bonds is 10. The minimum absolute atomic E-state index is 0.0132. The van der Waals surface area contributed by atoms with E-state index in [-0.39, 0.29) is 16.5 Å². The first-order valence-corrected chi connectivity index (χ1v) is 13.2. The molecule has 9 heteroatoms. The highest BCUT2D eigenvalue weighted by Gasteiger charge is 2.48. The third-order valence-corrected chi connectivity index (χ3v) is 6.92. The lowest BCUT2D eigenvalue weighted by Gasteiger charge is -2.23. The Balaban J connectivity index is 1.84. The summed E-state index contributed by atoms with van der Waals surface area (Å²) in [5, 5.41) is 20.4. The Labute approximate surface area is 220 Å². The molecule has 194 valence electrons. The number of aromatic nitrogens is 2. The van der Waals surface area contributed by atoms with Crippen LogP contribution in [0.1, 0.15) is 60.8 Å². The maximum atomic E-state index is 13.3. The van der Waals surface area contributed by atoms with Crippen LogP contribution in [0.5, 0.6) is 11.5 Å². The zero-order valence-electron chi connectivity index (χ0n) is 21.5. The third-order valence-electron chi connectivity index (χ3n) is 6.08. The summed E-state index contributed by atoms with van der Waals surface area (Å²) in [6.45, 7) is 8.68. The molecule has 1 unspecified atom stereocenters. The van der Waals surface area contributed by atoms with Crippen molar-refractivity contribution in [1.29, 1.82) is 0 Å². The van der Waals surface area contributed by atoms with Crippen LogP contribution in [-0.4, -0.2) is 40.2 Å². The van der Waals surface area contributed by atoms with Gasteiger partial charge in [0.15, 0.2) is 11.5 Å². The van der Waals surface area contributed by atoms with Crippen molar-refractivity contribution in [2.24, 2.45) is 0 Å². The van der Waals surface area contributed by atoms with E-state index in [1.54, 1.807) is 37.3 Å². The zero-order chi connectivity index (χ0) is 26.5. The molecule has 0 aliphatic carbocycles. The standard InChI is InChI=1S/C28H31N3O5S/c1-5-7-8-15-36-21-14-13-20(16-22(21)35-6-2)24-23(25(32)19-11-9-17(3)10-12-19)26(33)27(34)31(24)28-30-29-18(4)37-28/h9-14,16,24,32H,5-8,15H2,1-4H3/b25-23+. The van der Waals surface area contributed by atoms with Gasteiger partial charge in [0.2, 0.25) is 5.13 Å². The van der Waals surface area contributed by atoms with E-state index in [1.807, 2.05) is 26.0 Å². The summed E-state index contributed by atoms with van der Waals surface area (Å²) in [5.41, 5.74) is 2.03. The summed E-state index contributed by atoms with van der Waals surface area (Å²) in [5.74, 6) is -0.707. The molecule has 2 heterocycles. The Kier molecular flexibility index (Phi) is 8.23. The van der Waals surface area contributed by atoms with Crippen molar-refractivity contribution in [2.75, 3.05) is 18.1 Å². The highest BCUT2D eigenvalue weighted by Crippen LogP contribution is 2.44. The number of unbranched alkanes of at least 4 members (excludes halogenated alkanes) is 2. The third kappa shape index (κ3) is 5.51. The fourth-order valence-corrected chi connectivity index (χ4v) is 4.93. The summed E-state index contributed by atoms with van der Waals surface area (Å²) in [6, 6.07) is 11.5. The average molecular weight is 522 g/mol. The van der Waals surface area contributed by atoms with Crippen LogP contribution < -0.4 is 14.4 Å². The van der Waals surface area contributed by atoms with Crippen LogP contribution in [-0.2, 0) is 9.59 Å². The lowest BCUT2D eigenvalue weighted by Crippen LogP contribution is -2.29. The van der Waals surface area contributed by atoms with Crippen LogP contribution in [0, 0.1) is 13.8 Å². The number of Topliss-reactive ketones (excluding diaryl/α,β-unsaturated/α-hetero) is 1. The second kappa shape index (κ2) is 11.6. The fraction of sp³-hybridized carbons (Fsp3) is 0.357. The van der Waals surface area contributed by atoms with Gasteiger partial charge in [-0.05, 0) is 44.9 Å². The molecular weight excluding hydrogens is 490 g/mol. The molecule has 1 aromatic heterocycles. The van der Waals surface area contributed by atoms with E-state index >= 15 is 0 Å². The number of anilines is 1. The number of hydrogen-bond donors (Lipinski definition) is 1. The number of carbonyl (C=O) groups excluding carboxylic acids is 2. The maximum Gasteiger partial charge on any atom is 0.301 e. The summed E-state index contributed by atoms with van der Waals surface area (Å²) in [6.07, 6.45) is 3.08. The SMILES string of the molecule is CCCCCOc1ccc(C2/C(=C(\O)c3ccc(C)cc3)C(=O)C(=O)N2c2nnc(C)s2)cc1OCC. The van der Waals surface area contributed by atoms with Gasteiger partial charge in [0, 0.05) is 5.56 Å². The maximum absolute atomic E-state index is 13.3. The van der Waals surface area contributed by atoms with Gasteiger partial charge in [0.1, 0.15) is 10.8 Å². The van der Waals surface area contributed by atoms with Crippen molar-refractivity contribution in [1.82, 2.24) is 10.2 Å². The predicted molar refractivity (Wildman–Crippen MR) is 143 cm³/mol. The number of ketones is 1. The minimum atomic E-state index is -0.915. The van der Waals surface area contributed by atoms with E-state index in [0.717, 1.165) is 24.8 Å². The molecule has 3 aromatic rings. The topological polar surface area (TPSA) is 102 Å². The number of hydrogen-bond acceptors (Lipinski definition) is 8. The first-order chi connectivity index (χ1) is 17.8. The zero-order valence-corrected chi connectivity index (χ0v) is 22.3. The van der Waals surface area contributed by atoms with Gasteiger partial charge in [0.05, 0.1) is 24.8 Å². The van der Waals surface area contributed by atoms with Gasteiger partial charge in [-0.25, -0.2) is 0 Å². The first kappa shape index (κ1) is 26.3. The van der Waals surface area contributed by atoms with Crippen LogP contribution in [0.4, 0.5) is 5.13 Å². The summed E-state index contributed by atoms with van der Waals surface area (Å²) in [7, 11) is 0. The molecule has 1 aliphatic rings.